The minimum atomic E-state index is -1.26. The summed E-state index contributed by atoms with van der Waals surface area (Å²) in [6.07, 6.45) is 3.14. The Balaban J connectivity index is 1.77. The Bertz CT molecular complexity index is 759. The van der Waals surface area contributed by atoms with E-state index >= 15 is 0 Å². The molecule has 2 aromatic heterocycles. The summed E-state index contributed by atoms with van der Waals surface area (Å²) in [4.78, 5) is 12.3. The number of aliphatic hydroxyl groups is 1. The third-order valence-electron chi connectivity index (χ3n) is 3.37. The van der Waals surface area contributed by atoms with Gasteiger partial charge in [-0.3, -0.25) is 9.89 Å². The molecule has 0 spiro atoms. The average molecular weight is 285 g/mol. The van der Waals surface area contributed by atoms with Gasteiger partial charge in [-0.25, -0.2) is 0 Å². The summed E-state index contributed by atoms with van der Waals surface area (Å²) in [5.41, 5.74) is -0.103. The lowest BCUT2D eigenvalue weighted by molar-refractivity contribution is 0.0330. The zero-order chi connectivity index (χ0) is 14.9. The Morgan fingerprint density at radius 1 is 1.43 bits per heavy atom. The zero-order valence-electron chi connectivity index (χ0n) is 11.5. The third-order valence-corrected chi connectivity index (χ3v) is 3.37. The van der Waals surface area contributed by atoms with E-state index in [0.29, 0.717) is 16.8 Å². The minimum absolute atomic E-state index is 0.0455. The van der Waals surface area contributed by atoms with Crippen molar-refractivity contribution in [2.75, 3.05) is 6.54 Å². The van der Waals surface area contributed by atoms with Crippen LogP contribution in [0.4, 0.5) is 0 Å². The van der Waals surface area contributed by atoms with Crippen molar-refractivity contribution in [1.29, 1.82) is 0 Å². The molecule has 0 radical (unpaired) electrons. The van der Waals surface area contributed by atoms with E-state index in [4.69, 9.17) is 4.42 Å². The number of nitrogens with zero attached hydrogens (tertiary/aromatic N) is 1. The van der Waals surface area contributed by atoms with E-state index in [1.54, 1.807) is 37.4 Å². The largest absolute Gasteiger partial charge is 0.466 e. The van der Waals surface area contributed by atoms with Crippen molar-refractivity contribution in [2.45, 2.75) is 12.5 Å². The van der Waals surface area contributed by atoms with Gasteiger partial charge in [0.05, 0.1) is 30.1 Å². The first-order valence-electron chi connectivity index (χ1n) is 6.54. The molecule has 0 saturated carbocycles. The molecule has 0 aliphatic heterocycles. The number of fused-ring (bicyclic) bond motifs is 1. The van der Waals surface area contributed by atoms with Gasteiger partial charge in [-0.05, 0) is 25.1 Å². The fourth-order valence-corrected chi connectivity index (χ4v) is 2.18. The summed E-state index contributed by atoms with van der Waals surface area (Å²) >= 11 is 0. The van der Waals surface area contributed by atoms with Crippen LogP contribution in [0.5, 0.6) is 0 Å². The Morgan fingerprint density at radius 3 is 3.05 bits per heavy atom. The van der Waals surface area contributed by atoms with Crippen molar-refractivity contribution < 1.29 is 14.3 Å². The molecule has 1 atom stereocenters. The highest BCUT2D eigenvalue weighted by atomic mass is 16.4. The van der Waals surface area contributed by atoms with Crippen molar-refractivity contribution >= 4 is 16.8 Å². The fraction of sp³-hybridized carbons (Fsp3) is 0.200. The summed E-state index contributed by atoms with van der Waals surface area (Å²) in [5.74, 6) is 0.124. The second kappa shape index (κ2) is 5.06. The van der Waals surface area contributed by atoms with E-state index in [2.05, 4.69) is 15.5 Å². The molecule has 1 amide bonds. The number of aromatic amines is 1. The number of rotatable bonds is 4. The second-order valence-electron chi connectivity index (χ2n) is 5.07. The first-order chi connectivity index (χ1) is 10.1. The highest BCUT2D eigenvalue weighted by Crippen LogP contribution is 2.20. The van der Waals surface area contributed by atoms with Crippen molar-refractivity contribution in [3.05, 3.63) is 54.1 Å². The Hall–Kier alpha value is -2.60. The molecule has 21 heavy (non-hydrogen) atoms. The van der Waals surface area contributed by atoms with Crippen LogP contribution in [0, 0.1) is 0 Å². The number of furan rings is 1. The molecule has 1 unspecified atom stereocenters. The molecule has 3 rings (SSSR count). The standard InChI is InChI=1S/C15H15N3O3/c1-15(20,12-6-3-7-21-12)9-16-14(19)11-5-2-4-10-8-17-18-13(10)11/h2-8,20H,9H2,1H3,(H,16,19)(H,17,18). The van der Waals surface area contributed by atoms with Gasteiger partial charge >= 0.3 is 0 Å². The number of nitrogens with one attached hydrogen (secondary N) is 2. The van der Waals surface area contributed by atoms with Crippen LogP contribution in [0.25, 0.3) is 10.9 Å². The quantitative estimate of drug-likeness (QED) is 0.681. The van der Waals surface area contributed by atoms with Gasteiger partial charge in [-0.2, -0.15) is 5.10 Å². The fourth-order valence-electron chi connectivity index (χ4n) is 2.18. The summed E-state index contributed by atoms with van der Waals surface area (Å²) in [6.45, 7) is 1.63. The van der Waals surface area contributed by atoms with Gasteiger partial charge in [0.2, 0.25) is 0 Å². The molecule has 3 N–H and O–H groups in total. The summed E-state index contributed by atoms with van der Waals surface area (Å²) in [5, 5.41) is 20.6. The molecule has 0 saturated heterocycles. The molecule has 6 nitrogen and oxygen atoms in total. The van der Waals surface area contributed by atoms with E-state index in [9.17, 15) is 9.90 Å². The van der Waals surface area contributed by atoms with Crippen LogP contribution in [-0.2, 0) is 5.60 Å². The van der Waals surface area contributed by atoms with Crippen LogP contribution < -0.4 is 5.32 Å². The number of amides is 1. The summed E-state index contributed by atoms with van der Waals surface area (Å²) in [6, 6.07) is 8.72. The molecular weight excluding hydrogens is 270 g/mol. The zero-order valence-corrected chi connectivity index (χ0v) is 11.5. The number of carbonyl (C=O) groups is 1. The third kappa shape index (κ3) is 2.53. The molecule has 0 aliphatic rings. The number of para-hydroxylation sites is 1. The molecule has 1 aromatic carbocycles. The topological polar surface area (TPSA) is 91.1 Å². The van der Waals surface area contributed by atoms with Crippen molar-refractivity contribution in [3.8, 4) is 0 Å². The van der Waals surface area contributed by atoms with E-state index in [-0.39, 0.29) is 12.5 Å². The van der Waals surface area contributed by atoms with Gasteiger partial charge in [0.1, 0.15) is 11.4 Å². The molecule has 108 valence electrons. The molecule has 2 heterocycles. The average Bonchev–Trinajstić information content (AvgIpc) is 3.14. The highest BCUT2D eigenvalue weighted by molar-refractivity contribution is 6.05. The van der Waals surface area contributed by atoms with Gasteiger partial charge in [0, 0.05) is 5.39 Å². The number of carbonyl (C=O) groups excluding carboxylic acids is 1. The lowest BCUT2D eigenvalue weighted by Crippen LogP contribution is -2.38. The van der Waals surface area contributed by atoms with Crippen LogP contribution in [0.3, 0.4) is 0 Å². The maximum atomic E-state index is 12.3. The maximum Gasteiger partial charge on any atom is 0.253 e. The number of benzene rings is 1. The van der Waals surface area contributed by atoms with E-state index in [1.807, 2.05) is 6.07 Å². The Morgan fingerprint density at radius 2 is 2.29 bits per heavy atom. The SMILES string of the molecule is CC(O)(CNC(=O)c1cccc2cn[nH]c12)c1ccco1. The number of hydrogen-bond acceptors (Lipinski definition) is 4. The van der Waals surface area contributed by atoms with Gasteiger partial charge in [-0.1, -0.05) is 12.1 Å². The van der Waals surface area contributed by atoms with Crippen LogP contribution in [0.1, 0.15) is 23.0 Å². The van der Waals surface area contributed by atoms with Crippen LogP contribution in [0.2, 0.25) is 0 Å². The van der Waals surface area contributed by atoms with Gasteiger partial charge in [-0.15, -0.1) is 0 Å². The monoisotopic (exact) mass is 285 g/mol. The lowest BCUT2D eigenvalue weighted by atomic mass is 10.0. The van der Waals surface area contributed by atoms with Gasteiger partial charge in [0.25, 0.3) is 5.91 Å². The molecule has 0 aliphatic carbocycles. The Kier molecular flexibility index (Phi) is 3.23. The second-order valence-corrected chi connectivity index (χ2v) is 5.07. The molecule has 0 fully saturated rings. The molecular formula is C15H15N3O3. The molecule has 6 heteroatoms. The van der Waals surface area contributed by atoms with Gasteiger partial charge < -0.3 is 14.8 Å². The molecule has 3 aromatic rings. The van der Waals surface area contributed by atoms with Crippen LogP contribution in [0.15, 0.2) is 47.2 Å². The predicted octanol–water partition coefficient (Wildman–Crippen LogP) is 1.79. The van der Waals surface area contributed by atoms with Crippen LogP contribution in [-0.4, -0.2) is 27.8 Å². The van der Waals surface area contributed by atoms with E-state index in [1.165, 1.54) is 6.26 Å². The van der Waals surface area contributed by atoms with E-state index in [0.717, 1.165) is 5.39 Å². The first-order valence-corrected chi connectivity index (χ1v) is 6.54. The normalized spacial score (nSPS) is 14.0. The number of H-pyrrole nitrogens is 1. The highest BCUT2D eigenvalue weighted by Gasteiger charge is 2.27. The van der Waals surface area contributed by atoms with Crippen molar-refractivity contribution in [3.63, 3.8) is 0 Å². The minimum Gasteiger partial charge on any atom is -0.466 e. The van der Waals surface area contributed by atoms with E-state index < -0.39 is 5.60 Å². The maximum absolute atomic E-state index is 12.3. The molecule has 0 bridgehead atoms. The summed E-state index contributed by atoms with van der Waals surface area (Å²) in [7, 11) is 0. The van der Waals surface area contributed by atoms with Crippen molar-refractivity contribution in [2.24, 2.45) is 0 Å². The van der Waals surface area contributed by atoms with Crippen LogP contribution >= 0.6 is 0 Å². The predicted molar refractivity (Wildman–Crippen MR) is 76.7 cm³/mol. The van der Waals surface area contributed by atoms with Gasteiger partial charge in [0.15, 0.2) is 0 Å². The number of aromatic nitrogens is 2. The summed E-state index contributed by atoms with van der Waals surface area (Å²) < 4.78 is 5.18. The van der Waals surface area contributed by atoms with Crippen molar-refractivity contribution in [1.82, 2.24) is 15.5 Å². The first kappa shape index (κ1) is 13.4. The number of hydrogen-bond donors (Lipinski definition) is 3. The Labute approximate surface area is 120 Å². The smallest absolute Gasteiger partial charge is 0.253 e. The lowest BCUT2D eigenvalue weighted by Gasteiger charge is -2.21.